The SMILES string of the molecule is Cc1ccc(S(=O)(=O)NC(=O)C2=C3SC[C@@H](CO[Si](C(C)C)(C(C)C)C(C)C)N3C(=O)N(S(=O)(=O)c3ccc(C)cc3)[C@@H]2c2ccccc2)cc1. The molecular weight excluding hydrogens is 723 g/mol. The molecule has 2 atom stereocenters. The normalized spacial score (nSPS) is 18.6. The van der Waals surface area contributed by atoms with Gasteiger partial charge in [0.2, 0.25) is 0 Å². The molecule has 5 rings (SSSR count). The fourth-order valence-electron chi connectivity index (χ4n) is 7.43. The van der Waals surface area contributed by atoms with Crippen LogP contribution in [-0.4, -0.2) is 64.7 Å². The van der Waals surface area contributed by atoms with E-state index in [0.29, 0.717) is 11.3 Å². The van der Waals surface area contributed by atoms with Crippen molar-refractivity contribution in [3.63, 3.8) is 0 Å². The number of amides is 3. The zero-order chi connectivity index (χ0) is 37.5. The number of carbonyl (C=O) groups is 2. The number of sulfonamides is 2. The second kappa shape index (κ2) is 14.9. The summed E-state index contributed by atoms with van der Waals surface area (Å²) >= 11 is 1.23. The highest BCUT2D eigenvalue weighted by Crippen LogP contribution is 2.49. The molecule has 0 aromatic heterocycles. The quantitative estimate of drug-likeness (QED) is 0.188. The Hall–Kier alpha value is -3.43. The molecule has 2 heterocycles. The molecule has 0 radical (unpaired) electrons. The number of nitrogens with zero attached hydrogens (tertiary/aromatic N) is 2. The van der Waals surface area contributed by atoms with Crippen molar-refractivity contribution in [1.82, 2.24) is 13.9 Å². The molecule has 3 aromatic rings. The molecular formula is C37H47N3O7S3Si. The molecule has 1 saturated heterocycles. The van der Waals surface area contributed by atoms with E-state index in [0.717, 1.165) is 15.4 Å². The maximum absolute atomic E-state index is 14.9. The summed E-state index contributed by atoms with van der Waals surface area (Å²) in [4.78, 5) is 30.4. The zero-order valence-corrected chi connectivity index (χ0v) is 33.7. The van der Waals surface area contributed by atoms with E-state index in [2.05, 4.69) is 46.3 Å². The summed E-state index contributed by atoms with van der Waals surface area (Å²) in [6.07, 6.45) is 0. The molecule has 1 N–H and O–H groups in total. The van der Waals surface area contributed by atoms with E-state index in [4.69, 9.17) is 4.43 Å². The molecule has 0 bridgehead atoms. The molecule has 2 aliphatic rings. The number of urea groups is 1. The first-order valence-corrected chi connectivity index (χ1v) is 23.1. The lowest BCUT2D eigenvalue weighted by Gasteiger charge is -2.44. The third kappa shape index (κ3) is 7.30. The zero-order valence-electron chi connectivity index (χ0n) is 30.3. The van der Waals surface area contributed by atoms with Gasteiger partial charge in [0.15, 0.2) is 8.32 Å². The Labute approximate surface area is 307 Å². The fourth-order valence-corrected chi connectivity index (χ4v) is 16.7. The molecule has 14 heteroatoms. The molecule has 0 aliphatic carbocycles. The Bertz CT molecular complexity index is 2000. The number of aryl methyl sites for hydroxylation is 2. The van der Waals surface area contributed by atoms with Gasteiger partial charge in [-0.05, 0) is 60.3 Å². The van der Waals surface area contributed by atoms with Gasteiger partial charge < -0.3 is 4.43 Å². The number of rotatable bonds is 12. The van der Waals surface area contributed by atoms with Gasteiger partial charge in [-0.1, -0.05) is 107 Å². The summed E-state index contributed by atoms with van der Waals surface area (Å²) in [6, 6.07) is 17.6. The smallest absolute Gasteiger partial charge is 0.340 e. The molecule has 51 heavy (non-hydrogen) atoms. The monoisotopic (exact) mass is 769 g/mol. The number of hydrogen-bond acceptors (Lipinski definition) is 8. The second-order valence-electron chi connectivity index (χ2n) is 14.1. The van der Waals surface area contributed by atoms with Crippen molar-refractivity contribution in [1.29, 1.82) is 0 Å². The van der Waals surface area contributed by atoms with Gasteiger partial charge in [-0.25, -0.2) is 30.7 Å². The molecule has 10 nitrogen and oxygen atoms in total. The van der Waals surface area contributed by atoms with Gasteiger partial charge >= 0.3 is 6.03 Å². The Morgan fingerprint density at radius 1 is 0.824 bits per heavy atom. The van der Waals surface area contributed by atoms with Crippen LogP contribution in [0, 0.1) is 13.8 Å². The van der Waals surface area contributed by atoms with Crippen LogP contribution in [0.4, 0.5) is 4.79 Å². The summed E-state index contributed by atoms with van der Waals surface area (Å²) in [5, 5.41) is 0.209. The minimum absolute atomic E-state index is 0.126. The third-order valence-corrected chi connectivity index (χ3v) is 20.3. The van der Waals surface area contributed by atoms with E-state index in [1.807, 2.05) is 13.8 Å². The molecule has 3 aromatic carbocycles. The van der Waals surface area contributed by atoms with Gasteiger partial charge in [-0.15, -0.1) is 11.8 Å². The Morgan fingerprint density at radius 2 is 1.33 bits per heavy atom. The van der Waals surface area contributed by atoms with Crippen molar-refractivity contribution in [2.45, 2.75) is 93.9 Å². The van der Waals surface area contributed by atoms with Gasteiger partial charge in [-0.3, -0.25) is 9.69 Å². The Morgan fingerprint density at radius 3 is 1.84 bits per heavy atom. The fraction of sp³-hybridized carbons (Fsp3) is 0.405. The highest BCUT2D eigenvalue weighted by atomic mass is 32.2. The van der Waals surface area contributed by atoms with Crippen molar-refractivity contribution in [3.8, 4) is 0 Å². The molecule has 0 unspecified atom stereocenters. The lowest BCUT2D eigenvalue weighted by atomic mass is 9.97. The van der Waals surface area contributed by atoms with Crippen LogP contribution in [0.3, 0.4) is 0 Å². The molecule has 1 fully saturated rings. The van der Waals surface area contributed by atoms with Crippen molar-refractivity contribution in [2.75, 3.05) is 12.4 Å². The number of hydrogen-bond donors (Lipinski definition) is 1. The highest BCUT2D eigenvalue weighted by Gasteiger charge is 2.54. The minimum Gasteiger partial charge on any atom is -0.414 e. The van der Waals surface area contributed by atoms with Crippen LogP contribution in [0.2, 0.25) is 16.6 Å². The first kappa shape index (κ1) is 38.8. The van der Waals surface area contributed by atoms with E-state index in [9.17, 15) is 26.4 Å². The van der Waals surface area contributed by atoms with E-state index in [-0.39, 0.29) is 43.6 Å². The van der Waals surface area contributed by atoms with Crippen LogP contribution in [-0.2, 0) is 29.3 Å². The summed E-state index contributed by atoms with van der Waals surface area (Å²) in [5.74, 6) is -0.702. The maximum atomic E-state index is 14.9. The number of fused-ring (bicyclic) bond motifs is 1. The topological polar surface area (TPSA) is 130 Å². The van der Waals surface area contributed by atoms with Crippen LogP contribution < -0.4 is 4.72 Å². The summed E-state index contributed by atoms with van der Waals surface area (Å²) in [5.41, 5.74) is 2.61. The van der Waals surface area contributed by atoms with E-state index in [1.54, 1.807) is 54.6 Å². The molecule has 0 saturated carbocycles. The third-order valence-electron chi connectivity index (χ3n) is 9.86. The number of carbonyl (C=O) groups excluding carboxylic acids is 2. The van der Waals surface area contributed by atoms with Crippen LogP contribution in [0.25, 0.3) is 0 Å². The van der Waals surface area contributed by atoms with Crippen molar-refractivity contribution in [3.05, 3.63) is 106 Å². The predicted octanol–water partition coefficient (Wildman–Crippen LogP) is 7.50. The lowest BCUT2D eigenvalue weighted by Crippen LogP contribution is -2.57. The highest BCUT2D eigenvalue weighted by molar-refractivity contribution is 8.03. The van der Waals surface area contributed by atoms with Crippen LogP contribution in [0.15, 0.2) is 99.3 Å². The average molecular weight is 770 g/mol. The summed E-state index contributed by atoms with van der Waals surface area (Å²) < 4.78 is 66.4. The van der Waals surface area contributed by atoms with E-state index >= 15 is 0 Å². The summed E-state index contributed by atoms with van der Waals surface area (Å²) in [6.45, 7) is 16.7. The summed E-state index contributed by atoms with van der Waals surface area (Å²) in [7, 11) is -11.4. The minimum atomic E-state index is -4.60. The predicted molar refractivity (Wildman–Crippen MR) is 203 cm³/mol. The maximum Gasteiger partial charge on any atom is 0.340 e. The van der Waals surface area contributed by atoms with Gasteiger partial charge in [0, 0.05) is 5.75 Å². The van der Waals surface area contributed by atoms with Gasteiger partial charge in [0.1, 0.15) is 6.04 Å². The molecule has 0 spiro atoms. The Balaban J connectivity index is 1.70. The van der Waals surface area contributed by atoms with E-state index in [1.165, 1.54) is 40.9 Å². The van der Waals surface area contributed by atoms with Crippen molar-refractivity contribution < 1.29 is 30.9 Å². The number of nitrogens with one attached hydrogen (secondary N) is 1. The van der Waals surface area contributed by atoms with Gasteiger partial charge in [-0.2, -0.15) is 0 Å². The van der Waals surface area contributed by atoms with Crippen molar-refractivity contribution >= 4 is 52.1 Å². The van der Waals surface area contributed by atoms with Crippen LogP contribution >= 0.6 is 11.8 Å². The lowest BCUT2D eigenvalue weighted by molar-refractivity contribution is -0.116. The molecule has 274 valence electrons. The molecule has 2 aliphatic heterocycles. The Kier molecular flexibility index (Phi) is 11.3. The van der Waals surface area contributed by atoms with Crippen molar-refractivity contribution in [2.24, 2.45) is 0 Å². The largest absolute Gasteiger partial charge is 0.414 e. The standard InChI is InChI=1S/C37H47N3O7S3Si/c1-24(2)51(25(3)4,26(5)6)47-22-30-23-48-36-33(35(41)38-49(43,44)31-18-14-27(7)15-19-31)34(29-12-10-9-11-13-29)40(37(42)39(30)36)50(45,46)32-20-16-28(8)17-21-32/h9-21,24-26,30,34H,22-23H2,1-8H3,(H,38,41)/t30-,34-/m1/s1. The van der Waals surface area contributed by atoms with Crippen LogP contribution in [0.5, 0.6) is 0 Å². The first-order chi connectivity index (χ1) is 23.9. The van der Waals surface area contributed by atoms with Gasteiger partial charge in [0.05, 0.1) is 33.0 Å². The van der Waals surface area contributed by atoms with E-state index < -0.39 is 52.4 Å². The van der Waals surface area contributed by atoms with Crippen LogP contribution in [0.1, 0.15) is 64.3 Å². The number of thioether (sulfide) groups is 1. The molecule has 3 amide bonds. The first-order valence-electron chi connectivity index (χ1n) is 17.1. The average Bonchev–Trinajstić information content (AvgIpc) is 3.49. The number of benzene rings is 3. The van der Waals surface area contributed by atoms with Gasteiger partial charge in [0.25, 0.3) is 26.0 Å². The second-order valence-corrected chi connectivity index (χ2v) is 24.1.